The van der Waals surface area contributed by atoms with Gasteiger partial charge in [-0.1, -0.05) is 36.4 Å². The number of hydrogen-bond acceptors (Lipinski definition) is 10. The van der Waals surface area contributed by atoms with Crippen LogP contribution < -0.4 is 72.3 Å². The van der Waals surface area contributed by atoms with Gasteiger partial charge in [0.2, 0.25) is 11.8 Å². The molecule has 0 spiro atoms. The molecule has 4 aliphatic carbocycles. The summed E-state index contributed by atoms with van der Waals surface area (Å²) in [6, 6.07) is 16.0. The van der Waals surface area contributed by atoms with E-state index in [9.17, 15) is 37.2 Å². The number of urea groups is 2. The quantitative estimate of drug-likeness (QED) is 0.0895. The molecule has 0 saturated carbocycles. The van der Waals surface area contributed by atoms with E-state index in [0.29, 0.717) is 6.54 Å². The molecule has 4 aliphatic rings. The van der Waals surface area contributed by atoms with Gasteiger partial charge in [0.05, 0.1) is 29.7 Å². The summed E-state index contributed by atoms with van der Waals surface area (Å²) in [5.41, 5.74) is 12.9. The van der Waals surface area contributed by atoms with Crippen molar-refractivity contribution >= 4 is 67.0 Å². The van der Waals surface area contributed by atoms with E-state index < -0.39 is 43.8 Å². The van der Waals surface area contributed by atoms with Gasteiger partial charge in [-0.15, -0.1) is 8.73 Å². The number of anilines is 2. The molecule has 2 atom stereocenters. The second-order valence-corrected chi connectivity index (χ2v) is 22.0. The van der Waals surface area contributed by atoms with Crippen LogP contribution in [-0.2, 0) is 108 Å². The van der Waals surface area contributed by atoms with Crippen molar-refractivity contribution in [2.75, 3.05) is 31.8 Å². The monoisotopic (exact) mass is 1070 g/mol. The number of esters is 1. The zero-order chi connectivity index (χ0) is 51.0. The molecule has 386 valence electrons. The van der Waals surface area contributed by atoms with Crippen LogP contribution >= 0.6 is 0 Å². The van der Waals surface area contributed by atoms with Gasteiger partial charge < -0.3 is 35.8 Å². The molecule has 0 aromatic heterocycles. The number of hydrogen-bond donors (Lipinski definition) is 5. The van der Waals surface area contributed by atoms with Crippen LogP contribution in [0.15, 0.2) is 79.2 Å². The first-order valence-corrected chi connectivity index (χ1v) is 27.0. The van der Waals surface area contributed by atoms with Crippen molar-refractivity contribution < 1.29 is 104 Å². The molecule has 6 amide bonds. The number of methoxy groups -OCH3 is 1. The van der Waals surface area contributed by atoms with Crippen molar-refractivity contribution in [1.82, 2.24) is 9.80 Å². The van der Waals surface area contributed by atoms with E-state index in [-0.39, 0.29) is 111 Å². The molecule has 0 aliphatic heterocycles. The number of amides is 6. The molecule has 8 rings (SSSR count). The second-order valence-electron chi connectivity index (χ2n) is 18.4. The first-order chi connectivity index (χ1) is 33.8. The maximum absolute atomic E-state index is 13.1. The van der Waals surface area contributed by atoms with Gasteiger partial charge in [0.15, 0.2) is 0 Å². The number of nitrogens with one attached hydrogen (secondary N) is 2. The summed E-state index contributed by atoms with van der Waals surface area (Å²) >= 11 is 0. The van der Waals surface area contributed by atoms with E-state index in [4.69, 9.17) is 15.4 Å². The van der Waals surface area contributed by atoms with Gasteiger partial charge in [-0.2, -0.15) is 0 Å². The summed E-state index contributed by atoms with van der Waals surface area (Å²) in [7, 11) is -2.43. The number of ether oxygens (including phenoxy) is 1. The van der Waals surface area contributed by atoms with Gasteiger partial charge in [0, 0.05) is 51.4 Å². The van der Waals surface area contributed by atoms with Crippen molar-refractivity contribution in [3.8, 4) is 0 Å². The Balaban J connectivity index is 0.000000264. The zero-order valence-corrected chi connectivity index (χ0v) is 46.6. The minimum absolute atomic E-state index is 0. The predicted molar refractivity (Wildman–Crippen MR) is 271 cm³/mol. The van der Waals surface area contributed by atoms with E-state index in [0.717, 1.165) is 122 Å². The smallest absolute Gasteiger partial charge is 0.870 e. The molecule has 2 unspecified atom stereocenters. The second kappa shape index (κ2) is 26.1. The van der Waals surface area contributed by atoms with Crippen LogP contribution in [-0.4, -0.2) is 85.8 Å². The van der Waals surface area contributed by atoms with Gasteiger partial charge >= 0.3 is 75.4 Å². The van der Waals surface area contributed by atoms with Gasteiger partial charge in [-0.05, 0) is 157 Å². The number of aliphatic carboxylic acids is 1. The Morgan fingerprint density at radius 2 is 0.904 bits per heavy atom. The molecule has 19 nitrogen and oxygen atoms in total. The van der Waals surface area contributed by atoms with Crippen LogP contribution in [0.3, 0.4) is 0 Å². The van der Waals surface area contributed by atoms with Gasteiger partial charge in [-0.25, -0.2) is 28.3 Å². The maximum Gasteiger partial charge on any atom is 1.00 e. The Morgan fingerprint density at radius 1 is 0.575 bits per heavy atom. The fourth-order valence-electron chi connectivity index (χ4n) is 9.76. The number of carboxylic acids is 1. The molecule has 0 heterocycles. The summed E-state index contributed by atoms with van der Waals surface area (Å²) in [6.45, 7) is 0.556. The summed E-state index contributed by atoms with van der Waals surface area (Å²) in [5.74, 6) is -1.95. The van der Waals surface area contributed by atoms with Crippen molar-refractivity contribution in [3.63, 3.8) is 0 Å². The first-order valence-electron chi connectivity index (χ1n) is 23.8. The molecule has 22 heteroatoms. The number of carbonyl (C=O) groups excluding carboxylic acids is 5. The average Bonchev–Trinajstić information content (AvgIpc) is 4.18. The van der Waals surface area contributed by atoms with E-state index in [1.807, 2.05) is 0 Å². The Bertz CT molecular complexity index is 2960. The molecule has 4 aromatic rings. The van der Waals surface area contributed by atoms with Gasteiger partial charge in [-0.3, -0.25) is 19.2 Å². The van der Waals surface area contributed by atoms with E-state index >= 15 is 0 Å². The van der Waals surface area contributed by atoms with Crippen molar-refractivity contribution in [3.05, 3.63) is 116 Å². The third kappa shape index (κ3) is 15.1. The molecule has 0 saturated heterocycles. The average molecular weight is 1070 g/mol. The molecule has 0 radical (unpaired) electrons. The zero-order valence-electron chi connectivity index (χ0n) is 41.8. The fourth-order valence-corrected chi connectivity index (χ4v) is 11.6. The van der Waals surface area contributed by atoms with Crippen LogP contribution in [0.5, 0.6) is 0 Å². The van der Waals surface area contributed by atoms with Gasteiger partial charge in [0.25, 0.3) is 0 Å². The Kier molecular flexibility index (Phi) is 21.1. The summed E-state index contributed by atoms with van der Waals surface area (Å²) < 4.78 is 38.4. The normalized spacial score (nSPS) is 15.1. The predicted octanol–water partition coefficient (Wildman–Crippen LogP) is 3.76. The molecule has 8 N–H and O–H groups in total. The Hall–Kier alpha value is -4.88. The minimum Gasteiger partial charge on any atom is -0.870 e. The number of rotatable bonds is 14. The Morgan fingerprint density at radius 3 is 1.22 bits per heavy atom. The largest absolute Gasteiger partial charge is 1.00 e. The summed E-state index contributed by atoms with van der Waals surface area (Å²) in [6.07, 6.45) is 11.7. The topological polar surface area (TPSA) is 303 Å². The van der Waals surface area contributed by atoms with Crippen LogP contribution in [0.1, 0.15) is 107 Å². The molecule has 0 fully saturated rings. The third-order valence-corrected chi connectivity index (χ3v) is 16.2. The molecular formula is C51H63KN8O11S2. The Labute approximate surface area is 469 Å². The number of carbonyl (C=O) groups is 6. The minimum atomic E-state index is -3.47. The van der Waals surface area contributed by atoms with Gasteiger partial charge in [0.1, 0.15) is 19.8 Å². The first kappa shape index (κ1) is 59.0. The molecule has 73 heavy (non-hydrogen) atoms. The molecular weight excluding hydrogens is 1000 g/mol. The standard InChI is InChI=1S/C26H32N4O5S.C25H30N4O5S.K.H2O/c1-30(23(31)13-14-24(32)35-2)16-17-9-11-20(12-10-17)36(27,34)29-26(33)28-25-21-7-3-5-18(21)15-19-6-4-8-22(19)25;1-29(22(30)12-13-23(31)32)15-16-8-10-19(11-9-16)35(26,34)28-25(33)27-24-20-6-2-4-17(20)14-18-5-3-7-21(18)24;;/h9-12,15H,3-8,13-14,16H2,1-2H3,(H3,27,28,29,33,34);8-11,14H,2-7,12-13,15H2,1H3,(H,31,32)(H3,26,27,28,33,34);;1H2/q;;+1;/p-1. The van der Waals surface area contributed by atoms with E-state index in [1.54, 1.807) is 50.5 Å². The third-order valence-electron chi connectivity index (χ3n) is 13.4. The molecule has 0 bridgehead atoms. The maximum atomic E-state index is 13.1. The van der Waals surface area contributed by atoms with Crippen molar-refractivity contribution in [2.24, 2.45) is 19.0 Å². The number of carboxylic acid groups (broad SMARTS) is 1. The van der Waals surface area contributed by atoms with E-state index in [2.05, 4.69) is 36.2 Å². The van der Waals surface area contributed by atoms with Crippen molar-refractivity contribution in [2.45, 2.75) is 126 Å². The van der Waals surface area contributed by atoms with Crippen LogP contribution in [0.2, 0.25) is 0 Å². The van der Waals surface area contributed by atoms with Crippen LogP contribution in [0, 0.1) is 0 Å². The number of nitrogens with zero attached hydrogens (tertiary/aromatic N) is 4. The summed E-state index contributed by atoms with van der Waals surface area (Å²) in [5, 5.41) is 26.5. The van der Waals surface area contributed by atoms with E-state index in [1.165, 1.54) is 51.3 Å². The van der Waals surface area contributed by atoms with Crippen LogP contribution in [0.25, 0.3) is 0 Å². The van der Waals surface area contributed by atoms with Crippen molar-refractivity contribution in [1.29, 1.82) is 0 Å². The number of aryl methyl sites for hydroxylation is 4. The molecule has 4 aromatic carbocycles. The SMILES string of the molecule is CN(Cc1ccc(S(N)(=O)=NC(=O)Nc2c3c(cc4c2CCC4)CCC3)cc1)C(=O)CCC(=O)O.COC(=O)CCC(=O)N(C)Cc1ccc(S(N)(=O)=NC(=O)Nc2c3c(cc4c2CCC4)CCC3)cc1.[K+].[OH-]. The number of fused-ring (bicyclic) bond motifs is 4. The number of benzene rings is 4. The van der Waals surface area contributed by atoms with Crippen LogP contribution in [0.4, 0.5) is 21.0 Å². The fraction of sp³-hybridized carbons (Fsp3) is 0.412. The number of nitrogens with two attached hydrogens (primary N) is 2. The summed E-state index contributed by atoms with van der Waals surface area (Å²) in [4.78, 5) is 75.0.